The number of halogens is 1. The Kier molecular flexibility index (Phi) is 4.35. The molecule has 0 unspecified atom stereocenters. The van der Waals surface area contributed by atoms with E-state index < -0.39 is 10.0 Å². The molecule has 0 bridgehead atoms. The molecule has 1 aliphatic rings. The zero-order valence-electron chi connectivity index (χ0n) is 12.2. The third-order valence-corrected chi connectivity index (χ3v) is 5.87. The van der Waals surface area contributed by atoms with E-state index in [2.05, 4.69) is 4.98 Å². The van der Waals surface area contributed by atoms with Gasteiger partial charge in [-0.2, -0.15) is 9.57 Å². The fraction of sp³-hybridized carbons (Fsp3) is 0.250. The molecule has 0 saturated heterocycles. The minimum Gasteiger partial charge on any atom is -0.260 e. The predicted molar refractivity (Wildman–Crippen MR) is 86.2 cm³/mol. The van der Waals surface area contributed by atoms with Gasteiger partial charge in [0, 0.05) is 12.2 Å². The van der Waals surface area contributed by atoms with Crippen LogP contribution < -0.4 is 0 Å². The lowest BCUT2D eigenvalue weighted by atomic mass is 10.2. The normalized spacial score (nSPS) is 14.7. The predicted octanol–water partition coefficient (Wildman–Crippen LogP) is 2.96. The number of benzene rings is 1. The Morgan fingerprint density at radius 3 is 2.65 bits per heavy atom. The van der Waals surface area contributed by atoms with Crippen LogP contribution in [0.5, 0.6) is 0 Å². The van der Waals surface area contributed by atoms with Gasteiger partial charge in [0.2, 0.25) is 10.0 Å². The summed E-state index contributed by atoms with van der Waals surface area (Å²) in [5.41, 5.74) is 0.955. The largest absolute Gasteiger partial charge is 0.260 e. The first-order valence-electron chi connectivity index (χ1n) is 7.14. The summed E-state index contributed by atoms with van der Waals surface area (Å²) in [7, 11) is -3.68. The highest BCUT2D eigenvalue weighted by atomic mass is 35.5. The number of hydrogen-bond acceptors (Lipinski definition) is 4. The van der Waals surface area contributed by atoms with E-state index in [0.717, 1.165) is 12.8 Å². The third-order valence-electron chi connectivity index (χ3n) is 3.67. The number of nitrogens with zero attached hydrogens (tertiary/aromatic N) is 3. The average Bonchev–Trinajstić information content (AvgIpc) is 3.38. The molecule has 1 aromatic carbocycles. The second kappa shape index (κ2) is 6.28. The molecule has 118 valence electrons. The zero-order chi connectivity index (χ0) is 16.4. The molecule has 1 saturated carbocycles. The van der Waals surface area contributed by atoms with E-state index in [9.17, 15) is 8.42 Å². The Morgan fingerprint density at radius 1 is 1.30 bits per heavy atom. The highest BCUT2D eigenvalue weighted by Gasteiger charge is 2.38. The Bertz CT molecular complexity index is 859. The number of sulfonamides is 1. The Balaban J connectivity index is 1.95. The van der Waals surface area contributed by atoms with Gasteiger partial charge in [-0.3, -0.25) is 4.98 Å². The van der Waals surface area contributed by atoms with Gasteiger partial charge in [0.25, 0.3) is 0 Å². The molecular formula is C16H14ClN3O2S. The van der Waals surface area contributed by atoms with Crippen LogP contribution in [0.15, 0.2) is 47.5 Å². The third kappa shape index (κ3) is 3.37. The molecule has 0 radical (unpaired) electrons. The molecule has 23 heavy (non-hydrogen) atoms. The van der Waals surface area contributed by atoms with Crippen LogP contribution in [0.4, 0.5) is 0 Å². The first kappa shape index (κ1) is 15.9. The van der Waals surface area contributed by atoms with Crippen molar-refractivity contribution in [2.75, 3.05) is 0 Å². The van der Waals surface area contributed by atoms with Gasteiger partial charge in [0.1, 0.15) is 6.07 Å². The van der Waals surface area contributed by atoms with E-state index in [0.29, 0.717) is 5.69 Å². The number of hydrogen-bond donors (Lipinski definition) is 0. The van der Waals surface area contributed by atoms with E-state index in [4.69, 9.17) is 16.9 Å². The quantitative estimate of drug-likeness (QED) is 0.833. The molecule has 1 heterocycles. The van der Waals surface area contributed by atoms with Crippen LogP contribution >= 0.6 is 11.6 Å². The number of nitriles is 1. The summed E-state index contributed by atoms with van der Waals surface area (Å²) in [6.45, 7) is 0.228. The summed E-state index contributed by atoms with van der Waals surface area (Å²) in [5, 5.41) is 9.05. The van der Waals surface area contributed by atoms with Crippen molar-refractivity contribution in [2.24, 2.45) is 0 Å². The van der Waals surface area contributed by atoms with Gasteiger partial charge in [-0.1, -0.05) is 17.7 Å². The van der Waals surface area contributed by atoms with Crippen molar-refractivity contribution in [2.45, 2.75) is 30.3 Å². The van der Waals surface area contributed by atoms with Crippen LogP contribution in [-0.2, 0) is 16.6 Å². The lowest BCUT2D eigenvalue weighted by molar-refractivity contribution is 0.394. The molecule has 7 heteroatoms. The highest BCUT2D eigenvalue weighted by Crippen LogP contribution is 2.34. The molecule has 0 atom stereocenters. The van der Waals surface area contributed by atoms with Crippen molar-refractivity contribution in [1.82, 2.24) is 9.29 Å². The van der Waals surface area contributed by atoms with Crippen molar-refractivity contribution in [3.63, 3.8) is 0 Å². The minimum absolute atomic E-state index is 0.00331. The SMILES string of the molecule is N#Cc1ccc(S(=O)(=O)N(Cc2ccccn2)C2CC2)cc1Cl. The van der Waals surface area contributed by atoms with Crippen LogP contribution in [0.1, 0.15) is 24.1 Å². The van der Waals surface area contributed by atoms with Crippen LogP contribution in [0, 0.1) is 11.3 Å². The maximum Gasteiger partial charge on any atom is 0.243 e. The molecule has 0 amide bonds. The van der Waals surface area contributed by atoms with Crippen molar-refractivity contribution in [3.8, 4) is 6.07 Å². The van der Waals surface area contributed by atoms with E-state index in [1.54, 1.807) is 18.3 Å². The van der Waals surface area contributed by atoms with Crippen LogP contribution in [0.25, 0.3) is 0 Å². The summed E-state index contributed by atoms with van der Waals surface area (Å²) >= 11 is 5.98. The van der Waals surface area contributed by atoms with Crippen molar-refractivity contribution in [3.05, 3.63) is 58.9 Å². The van der Waals surface area contributed by atoms with Crippen molar-refractivity contribution < 1.29 is 8.42 Å². The maximum atomic E-state index is 12.9. The monoisotopic (exact) mass is 347 g/mol. The number of rotatable bonds is 5. The van der Waals surface area contributed by atoms with Crippen molar-refractivity contribution >= 4 is 21.6 Å². The summed E-state index contributed by atoms with van der Waals surface area (Å²) in [5.74, 6) is 0. The fourth-order valence-electron chi connectivity index (χ4n) is 2.31. The maximum absolute atomic E-state index is 12.9. The summed E-state index contributed by atoms with van der Waals surface area (Å²) in [6, 6.07) is 11.5. The lowest BCUT2D eigenvalue weighted by Crippen LogP contribution is -2.33. The molecule has 0 N–H and O–H groups in total. The smallest absolute Gasteiger partial charge is 0.243 e. The zero-order valence-corrected chi connectivity index (χ0v) is 13.8. The number of aromatic nitrogens is 1. The molecule has 2 aromatic rings. The standard InChI is InChI=1S/C16H14ClN3O2S/c17-16-9-15(7-4-12(16)10-18)23(21,22)20(14-5-6-14)11-13-3-1-2-8-19-13/h1-4,7-9,14H,5-6,11H2. The molecule has 1 fully saturated rings. The first-order valence-corrected chi connectivity index (χ1v) is 8.95. The summed E-state index contributed by atoms with van der Waals surface area (Å²) in [4.78, 5) is 4.31. The van der Waals surface area contributed by atoms with E-state index in [1.807, 2.05) is 12.1 Å². The molecule has 1 aromatic heterocycles. The summed E-state index contributed by atoms with van der Waals surface area (Å²) in [6.07, 6.45) is 3.33. The second-order valence-corrected chi connectivity index (χ2v) is 7.65. The highest BCUT2D eigenvalue weighted by molar-refractivity contribution is 7.89. The molecule has 0 spiro atoms. The van der Waals surface area contributed by atoms with Gasteiger partial charge in [0.05, 0.1) is 27.7 Å². The van der Waals surface area contributed by atoms with Gasteiger partial charge in [0.15, 0.2) is 0 Å². The Hall–Kier alpha value is -1.94. The Morgan fingerprint density at radius 2 is 2.09 bits per heavy atom. The minimum atomic E-state index is -3.68. The van der Waals surface area contributed by atoms with Gasteiger partial charge < -0.3 is 0 Å². The molecule has 0 aliphatic heterocycles. The summed E-state index contributed by atoms with van der Waals surface area (Å²) < 4.78 is 27.3. The van der Waals surface area contributed by atoms with Gasteiger partial charge in [-0.15, -0.1) is 0 Å². The molecule has 1 aliphatic carbocycles. The number of pyridine rings is 1. The Labute approximate surface area is 140 Å². The lowest BCUT2D eigenvalue weighted by Gasteiger charge is -2.21. The van der Waals surface area contributed by atoms with E-state index in [-0.39, 0.29) is 28.1 Å². The second-order valence-electron chi connectivity index (χ2n) is 5.36. The van der Waals surface area contributed by atoms with Gasteiger partial charge >= 0.3 is 0 Å². The average molecular weight is 348 g/mol. The molecule has 5 nitrogen and oxygen atoms in total. The van der Waals surface area contributed by atoms with Gasteiger partial charge in [-0.25, -0.2) is 8.42 Å². The van der Waals surface area contributed by atoms with Crippen LogP contribution in [-0.4, -0.2) is 23.7 Å². The molecular weight excluding hydrogens is 334 g/mol. The van der Waals surface area contributed by atoms with Gasteiger partial charge in [-0.05, 0) is 43.2 Å². The van der Waals surface area contributed by atoms with Crippen molar-refractivity contribution in [1.29, 1.82) is 5.26 Å². The van der Waals surface area contributed by atoms with E-state index >= 15 is 0 Å². The topological polar surface area (TPSA) is 74.1 Å². The van der Waals surface area contributed by atoms with E-state index in [1.165, 1.54) is 22.5 Å². The van der Waals surface area contributed by atoms with Crippen LogP contribution in [0.2, 0.25) is 5.02 Å². The van der Waals surface area contributed by atoms with Crippen LogP contribution in [0.3, 0.4) is 0 Å². The fourth-order valence-corrected chi connectivity index (χ4v) is 4.28. The first-order chi connectivity index (χ1) is 11.0. The molecule has 3 rings (SSSR count).